The Bertz CT molecular complexity index is 904. The molecule has 0 unspecified atom stereocenters. The van der Waals surface area contributed by atoms with Crippen molar-refractivity contribution in [1.29, 1.82) is 0 Å². The Kier molecular flexibility index (Phi) is 4.45. The van der Waals surface area contributed by atoms with Crippen LogP contribution in [0.3, 0.4) is 0 Å². The topological polar surface area (TPSA) is 70.9 Å². The zero-order chi connectivity index (χ0) is 18.0. The molecule has 0 bridgehead atoms. The number of rotatable bonds is 3. The second-order valence-corrected chi connectivity index (χ2v) is 5.37. The number of halogens is 4. The average molecular weight is 367 g/mol. The largest absolute Gasteiger partial charge is 0.508 e. The van der Waals surface area contributed by atoms with Gasteiger partial charge in [-0.25, -0.2) is 9.97 Å². The molecule has 5 nitrogen and oxygen atoms in total. The molecule has 1 aromatic carbocycles. The van der Waals surface area contributed by atoms with Crippen LogP contribution in [0.4, 0.5) is 24.7 Å². The van der Waals surface area contributed by atoms with Gasteiger partial charge in [-0.05, 0) is 24.3 Å². The second kappa shape index (κ2) is 6.56. The second-order valence-electron chi connectivity index (χ2n) is 4.96. The van der Waals surface area contributed by atoms with E-state index < -0.39 is 11.9 Å². The third-order valence-electron chi connectivity index (χ3n) is 3.12. The Balaban J connectivity index is 2.08. The van der Waals surface area contributed by atoms with Gasteiger partial charge in [-0.15, -0.1) is 0 Å². The summed E-state index contributed by atoms with van der Waals surface area (Å²) in [5.41, 5.74) is -0.721. The average Bonchev–Trinajstić information content (AvgIpc) is 2.58. The minimum atomic E-state index is -4.66. The Morgan fingerprint density at radius 1 is 1.04 bits per heavy atom. The van der Waals surface area contributed by atoms with Gasteiger partial charge in [-0.1, -0.05) is 17.7 Å². The summed E-state index contributed by atoms with van der Waals surface area (Å²) in [5, 5.41) is 12.4. The number of hydrogen-bond acceptors (Lipinski definition) is 5. The number of benzene rings is 1. The van der Waals surface area contributed by atoms with Crippen molar-refractivity contribution in [2.24, 2.45) is 0 Å². The van der Waals surface area contributed by atoms with Gasteiger partial charge >= 0.3 is 6.18 Å². The molecule has 9 heteroatoms. The summed E-state index contributed by atoms with van der Waals surface area (Å²) in [6, 6.07) is 9.54. The molecule has 0 aliphatic heterocycles. The van der Waals surface area contributed by atoms with Crippen LogP contribution < -0.4 is 5.32 Å². The number of aromatic hydroxyl groups is 1. The third-order valence-corrected chi connectivity index (χ3v) is 3.45. The van der Waals surface area contributed by atoms with E-state index in [9.17, 15) is 18.3 Å². The predicted octanol–water partition coefficient (Wildman–Crippen LogP) is 4.66. The fourth-order valence-corrected chi connectivity index (χ4v) is 2.18. The van der Waals surface area contributed by atoms with Crippen LogP contribution in [-0.2, 0) is 6.18 Å². The highest BCUT2D eigenvalue weighted by molar-refractivity contribution is 6.33. The van der Waals surface area contributed by atoms with Crippen LogP contribution in [0.5, 0.6) is 5.75 Å². The maximum absolute atomic E-state index is 13.1. The number of anilines is 2. The first-order valence-corrected chi connectivity index (χ1v) is 7.34. The van der Waals surface area contributed by atoms with Crippen molar-refractivity contribution >= 4 is 23.1 Å². The molecular weight excluding hydrogens is 357 g/mol. The number of hydrogen-bond donors (Lipinski definition) is 2. The summed E-state index contributed by atoms with van der Waals surface area (Å²) < 4.78 is 39.4. The first kappa shape index (κ1) is 17.0. The normalized spacial score (nSPS) is 11.4. The fourth-order valence-electron chi connectivity index (χ4n) is 2.01. The van der Waals surface area contributed by atoms with E-state index in [0.29, 0.717) is 0 Å². The zero-order valence-electron chi connectivity index (χ0n) is 12.4. The van der Waals surface area contributed by atoms with Gasteiger partial charge in [0, 0.05) is 18.3 Å². The lowest BCUT2D eigenvalue weighted by Gasteiger charge is -2.12. The molecule has 3 rings (SSSR count). The molecule has 0 saturated carbocycles. The van der Waals surface area contributed by atoms with Crippen LogP contribution in [0, 0.1) is 0 Å². The van der Waals surface area contributed by atoms with Gasteiger partial charge in [0.2, 0.25) is 0 Å². The van der Waals surface area contributed by atoms with E-state index in [1.54, 1.807) is 12.1 Å². The number of aromatic nitrogens is 3. The van der Waals surface area contributed by atoms with E-state index >= 15 is 0 Å². The molecule has 128 valence electrons. The summed E-state index contributed by atoms with van der Waals surface area (Å²) in [4.78, 5) is 11.6. The van der Waals surface area contributed by atoms with Crippen LogP contribution in [0.25, 0.3) is 11.5 Å². The summed E-state index contributed by atoms with van der Waals surface area (Å²) in [6.07, 6.45) is -3.23. The predicted molar refractivity (Wildman–Crippen MR) is 86.7 cm³/mol. The van der Waals surface area contributed by atoms with Gasteiger partial charge in [0.05, 0.1) is 10.7 Å². The van der Waals surface area contributed by atoms with E-state index in [-0.39, 0.29) is 33.8 Å². The van der Waals surface area contributed by atoms with Gasteiger partial charge in [0.1, 0.15) is 17.3 Å². The Morgan fingerprint density at radius 3 is 2.52 bits per heavy atom. The molecule has 0 atom stereocenters. The van der Waals surface area contributed by atoms with Crippen LogP contribution in [0.1, 0.15) is 5.69 Å². The molecule has 0 amide bonds. The minimum absolute atomic E-state index is 0.0954. The highest BCUT2D eigenvalue weighted by Crippen LogP contribution is 2.33. The first-order chi connectivity index (χ1) is 11.8. The van der Waals surface area contributed by atoms with E-state index in [1.165, 1.54) is 30.5 Å². The van der Waals surface area contributed by atoms with Crippen LogP contribution in [-0.4, -0.2) is 20.1 Å². The molecule has 0 radical (unpaired) electrons. The number of pyridine rings is 1. The summed E-state index contributed by atoms with van der Waals surface area (Å²) >= 11 is 5.98. The molecule has 2 aromatic heterocycles. The van der Waals surface area contributed by atoms with Crippen molar-refractivity contribution in [1.82, 2.24) is 15.0 Å². The van der Waals surface area contributed by atoms with E-state index in [2.05, 4.69) is 20.3 Å². The minimum Gasteiger partial charge on any atom is -0.508 e. The van der Waals surface area contributed by atoms with Crippen molar-refractivity contribution in [2.75, 3.05) is 5.32 Å². The van der Waals surface area contributed by atoms with E-state index in [1.807, 2.05) is 0 Å². The maximum atomic E-state index is 13.1. The van der Waals surface area contributed by atoms with Gasteiger partial charge < -0.3 is 10.4 Å². The highest BCUT2D eigenvalue weighted by atomic mass is 35.5. The summed E-state index contributed by atoms with van der Waals surface area (Å²) in [7, 11) is 0. The maximum Gasteiger partial charge on any atom is 0.433 e. The Morgan fingerprint density at radius 2 is 1.84 bits per heavy atom. The van der Waals surface area contributed by atoms with Crippen LogP contribution in [0.2, 0.25) is 5.02 Å². The lowest BCUT2D eigenvalue weighted by atomic mass is 10.2. The number of alkyl halides is 3. The van der Waals surface area contributed by atoms with Gasteiger partial charge in [0.25, 0.3) is 0 Å². The van der Waals surface area contributed by atoms with Crippen molar-refractivity contribution < 1.29 is 18.3 Å². The number of phenols is 1. The number of nitrogens with zero attached hydrogens (tertiary/aromatic N) is 3. The lowest BCUT2D eigenvalue weighted by molar-refractivity contribution is -0.141. The summed E-state index contributed by atoms with van der Waals surface area (Å²) in [6.45, 7) is 0. The smallest absolute Gasteiger partial charge is 0.433 e. The molecule has 0 spiro atoms. The van der Waals surface area contributed by atoms with Gasteiger partial charge in [0.15, 0.2) is 11.5 Å². The molecule has 0 aliphatic rings. The Labute approximate surface area is 145 Å². The molecule has 0 saturated heterocycles. The number of phenolic OH excluding ortho intramolecular Hbond substituents is 1. The molecule has 25 heavy (non-hydrogen) atoms. The fraction of sp³-hybridized carbons (Fsp3) is 0.0625. The monoisotopic (exact) mass is 366 g/mol. The molecule has 2 N–H and O–H groups in total. The van der Waals surface area contributed by atoms with E-state index in [4.69, 9.17) is 11.6 Å². The molecule has 0 fully saturated rings. The van der Waals surface area contributed by atoms with Gasteiger partial charge in [-0.3, -0.25) is 4.98 Å². The van der Waals surface area contributed by atoms with Crippen molar-refractivity contribution in [3.63, 3.8) is 0 Å². The molecule has 2 heterocycles. The van der Waals surface area contributed by atoms with Crippen molar-refractivity contribution in [3.05, 3.63) is 59.4 Å². The van der Waals surface area contributed by atoms with Gasteiger partial charge in [-0.2, -0.15) is 13.2 Å². The molecule has 0 aliphatic carbocycles. The van der Waals surface area contributed by atoms with Crippen LogP contribution in [0.15, 0.2) is 48.7 Å². The first-order valence-electron chi connectivity index (χ1n) is 6.96. The zero-order valence-corrected chi connectivity index (χ0v) is 13.2. The SMILES string of the molecule is Oc1ccc(Cl)c(Nc2cc(C(F)(F)F)nc(-c3ccccn3)n2)c1. The Hall–Kier alpha value is -2.87. The van der Waals surface area contributed by atoms with Crippen molar-refractivity contribution in [3.8, 4) is 17.3 Å². The van der Waals surface area contributed by atoms with E-state index in [0.717, 1.165) is 6.07 Å². The summed E-state index contributed by atoms with van der Waals surface area (Å²) in [5.74, 6) is -0.411. The van der Waals surface area contributed by atoms with Crippen LogP contribution >= 0.6 is 11.6 Å². The standard InChI is InChI=1S/C16H10ClF3N4O/c17-10-5-4-9(25)7-12(10)22-14-8-13(16(18,19)20)23-15(24-14)11-3-1-2-6-21-11/h1-8,25H,(H,22,23,24). The quantitative estimate of drug-likeness (QED) is 0.705. The van der Waals surface area contributed by atoms with Crippen molar-refractivity contribution in [2.45, 2.75) is 6.18 Å². The highest BCUT2D eigenvalue weighted by Gasteiger charge is 2.34. The molecular formula is C16H10ClF3N4O. The number of nitrogens with one attached hydrogen (secondary N) is 1. The lowest BCUT2D eigenvalue weighted by Crippen LogP contribution is -2.11. The molecule has 3 aromatic rings. The third kappa shape index (κ3) is 3.97.